The number of aliphatic hydroxyl groups excluding tert-OH is 1. The van der Waals surface area contributed by atoms with Crippen LogP contribution in [0, 0.1) is 6.92 Å². The molecule has 0 aromatic carbocycles. The van der Waals surface area contributed by atoms with Crippen LogP contribution >= 0.6 is 0 Å². The number of hydrogen-bond acceptors (Lipinski definition) is 3. The third-order valence-electron chi connectivity index (χ3n) is 3.14. The summed E-state index contributed by atoms with van der Waals surface area (Å²) in [5, 5.41) is 12.8. The standard InChI is InChI=1S/C12H18N2O/c1-10-5-4-6-11(13-10)14-12(9-15)7-2-3-8-12/h4-6,15H,2-3,7-9H2,1H3,(H,13,14). The van der Waals surface area contributed by atoms with Gasteiger partial charge in [0.05, 0.1) is 12.1 Å². The molecule has 1 aromatic heterocycles. The minimum atomic E-state index is -0.124. The van der Waals surface area contributed by atoms with Gasteiger partial charge in [-0.1, -0.05) is 18.9 Å². The minimum Gasteiger partial charge on any atom is -0.394 e. The molecule has 0 radical (unpaired) electrons. The lowest BCUT2D eigenvalue weighted by Crippen LogP contribution is -2.39. The fourth-order valence-electron chi connectivity index (χ4n) is 2.26. The van der Waals surface area contributed by atoms with Crippen LogP contribution in [-0.2, 0) is 0 Å². The van der Waals surface area contributed by atoms with Crippen molar-refractivity contribution in [3.05, 3.63) is 23.9 Å². The van der Waals surface area contributed by atoms with Crippen LogP contribution in [0.15, 0.2) is 18.2 Å². The Morgan fingerprint density at radius 2 is 2.13 bits per heavy atom. The Morgan fingerprint density at radius 1 is 1.40 bits per heavy atom. The number of nitrogens with one attached hydrogen (secondary N) is 1. The lowest BCUT2D eigenvalue weighted by atomic mass is 9.99. The molecule has 0 atom stereocenters. The summed E-state index contributed by atoms with van der Waals surface area (Å²) in [6.45, 7) is 2.17. The van der Waals surface area contributed by atoms with Crippen molar-refractivity contribution in [2.24, 2.45) is 0 Å². The molecular formula is C12H18N2O. The molecule has 1 saturated carbocycles. The van der Waals surface area contributed by atoms with Gasteiger partial charge < -0.3 is 10.4 Å². The Hall–Kier alpha value is -1.09. The van der Waals surface area contributed by atoms with Gasteiger partial charge in [0.25, 0.3) is 0 Å². The van der Waals surface area contributed by atoms with E-state index in [-0.39, 0.29) is 12.1 Å². The summed E-state index contributed by atoms with van der Waals surface area (Å²) in [5.41, 5.74) is 0.881. The molecule has 15 heavy (non-hydrogen) atoms. The molecular weight excluding hydrogens is 188 g/mol. The first-order chi connectivity index (χ1) is 7.24. The number of rotatable bonds is 3. The summed E-state index contributed by atoms with van der Waals surface area (Å²) in [7, 11) is 0. The van der Waals surface area contributed by atoms with Gasteiger partial charge in [0.2, 0.25) is 0 Å². The van der Waals surface area contributed by atoms with E-state index < -0.39 is 0 Å². The molecule has 0 amide bonds. The molecule has 82 valence electrons. The zero-order valence-corrected chi connectivity index (χ0v) is 9.16. The van der Waals surface area contributed by atoms with E-state index in [2.05, 4.69) is 10.3 Å². The zero-order valence-electron chi connectivity index (χ0n) is 9.16. The maximum Gasteiger partial charge on any atom is 0.126 e. The fourth-order valence-corrected chi connectivity index (χ4v) is 2.26. The Bertz CT molecular complexity index is 332. The molecule has 3 heteroatoms. The summed E-state index contributed by atoms with van der Waals surface area (Å²) >= 11 is 0. The van der Waals surface area contributed by atoms with Crippen LogP contribution in [0.2, 0.25) is 0 Å². The van der Waals surface area contributed by atoms with Crippen LogP contribution in [0.1, 0.15) is 31.4 Å². The van der Waals surface area contributed by atoms with Gasteiger partial charge >= 0.3 is 0 Å². The van der Waals surface area contributed by atoms with Crippen LogP contribution in [0.3, 0.4) is 0 Å². The van der Waals surface area contributed by atoms with Gasteiger partial charge in [-0.25, -0.2) is 4.98 Å². The van der Waals surface area contributed by atoms with Crippen LogP contribution in [0.25, 0.3) is 0 Å². The van der Waals surface area contributed by atoms with Crippen molar-refractivity contribution < 1.29 is 5.11 Å². The Morgan fingerprint density at radius 3 is 2.73 bits per heavy atom. The molecule has 2 rings (SSSR count). The second-order valence-corrected chi connectivity index (χ2v) is 4.43. The number of nitrogens with zero attached hydrogens (tertiary/aromatic N) is 1. The SMILES string of the molecule is Cc1cccc(NC2(CO)CCCC2)n1. The summed E-state index contributed by atoms with van der Waals surface area (Å²) in [6.07, 6.45) is 4.47. The van der Waals surface area contributed by atoms with Crippen molar-refractivity contribution in [1.82, 2.24) is 4.98 Å². The monoisotopic (exact) mass is 206 g/mol. The summed E-state index contributed by atoms with van der Waals surface area (Å²) in [6, 6.07) is 5.93. The number of anilines is 1. The second-order valence-electron chi connectivity index (χ2n) is 4.43. The van der Waals surface area contributed by atoms with Gasteiger partial charge in [-0.15, -0.1) is 0 Å². The Labute approximate surface area is 90.5 Å². The number of pyridine rings is 1. The quantitative estimate of drug-likeness (QED) is 0.796. The second kappa shape index (κ2) is 4.19. The van der Waals surface area contributed by atoms with E-state index >= 15 is 0 Å². The highest BCUT2D eigenvalue weighted by atomic mass is 16.3. The van der Waals surface area contributed by atoms with Crippen molar-refractivity contribution in [2.75, 3.05) is 11.9 Å². The average Bonchev–Trinajstić information content (AvgIpc) is 2.67. The number of hydrogen-bond donors (Lipinski definition) is 2. The highest BCUT2D eigenvalue weighted by Gasteiger charge is 2.33. The van der Waals surface area contributed by atoms with Crippen molar-refractivity contribution in [1.29, 1.82) is 0 Å². The molecule has 0 spiro atoms. The number of aryl methyl sites for hydroxylation is 1. The van der Waals surface area contributed by atoms with Crippen LogP contribution < -0.4 is 5.32 Å². The number of aromatic nitrogens is 1. The molecule has 1 aliphatic rings. The molecule has 0 aliphatic heterocycles. The Kier molecular flexibility index (Phi) is 2.91. The molecule has 1 heterocycles. The molecule has 2 N–H and O–H groups in total. The topological polar surface area (TPSA) is 45.1 Å². The maximum absolute atomic E-state index is 9.46. The maximum atomic E-state index is 9.46. The molecule has 3 nitrogen and oxygen atoms in total. The highest BCUT2D eigenvalue weighted by Crippen LogP contribution is 2.32. The van der Waals surface area contributed by atoms with Crippen molar-refractivity contribution in [3.63, 3.8) is 0 Å². The molecule has 0 unspecified atom stereocenters. The predicted octanol–water partition coefficient (Wildman–Crippen LogP) is 2.11. The number of aliphatic hydroxyl groups is 1. The molecule has 0 bridgehead atoms. The largest absolute Gasteiger partial charge is 0.394 e. The van der Waals surface area contributed by atoms with Gasteiger partial charge in [-0.2, -0.15) is 0 Å². The third kappa shape index (κ3) is 2.29. The zero-order chi connectivity index (χ0) is 10.7. The molecule has 1 aromatic rings. The van der Waals surface area contributed by atoms with E-state index in [0.717, 1.165) is 24.4 Å². The summed E-state index contributed by atoms with van der Waals surface area (Å²) < 4.78 is 0. The van der Waals surface area contributed by atoms with Crippen molar-refractivity contribution in [2.45, 2.75) is 38.1 Å². The summed E-state index contributed by atoms with van der Waals surface area (Å²) in [5.74, 6) is 0.881. The lowest BCUT2D eigenvalue weighted by Gasteiger charge is -2.28. The van der Waals surface area contributed by atoms with E-state index in [1.807, 2.05) is 25.1 Å². The van der Waals surface area contributed by atoms with E-state index in [4.69, 9.17) is 0 Å². The highest BCUT2D eigenvalue weighted by molar-refractivity contribution is 5.39. The third-order valence-corrected chi connectivity index (χ3v) is 3.14. The van der Waals surface area contributed by atoms with Gasteiger partial charge in [-0.05, 0) is 31.9 Å². The minimum absolute atomic E-state index is 0.124. The average molecular weight is 206 g/mol. The van der Waals surface area contributed by atoms with Crippen LogP contribution in [0.4, 0.5) is 5.82 Å². The first-order valence-corrected chi connectivity index (χ1v) is 5.57. The first kappa shape index (κ1) is 10.4. The van der Waals surface area contributed by atoms with Crippen molar-refractivity contribution in [3.8, 4) is 0 Å². The van der Waals surface area contributed by atoms with E-state index in [9.17, 15) is 5.11 Å². The smallest absolute Gasteiger partial charge is 0.126 e. The summed E-state index contributed by atoms with van der Waals surface area (Å²) in [4.78, 5) is 4.41. The molecule has 0 saturated heterocycles. The lowest BCUT2D eigenvalue weighted by molar-refractivity contribution is 0.214. The predicted molar refractivity (Wildman–Crippen MR) is 60.9 cm³/mol. The van der Waals surface area contributed by atoms with E-state index in [1.54, 1.807) is 0 Å². The molecule has 1 fully saturated rings. The normalized spacial score (nSPS) is 19.1. The van der Waals surface area contributed by atoms with E-state index in [0.29, 0.717) is 0 Å². The van der Waals surface area contributed by atoms with Gasteiger partial charge in [0.1, 0.15) is 5.82 Å². The van der Waals surface area contributed by atoms with Crippen LogP contribution in [0.5, 0.6) is 0 Å². The Balaban J connectivity index is 2.12. The van der Waals surface area contributed by atoms with Crippen LogP contribution in [-0.4, -0.2) is 22.2 Å². The fraction of sp³-hybridized carbons (Fsp3) is 0.583. The first-order valence-electron chi connectivity index (χ1n) is 5.57. The van der Waals surface area contributed by atoms with Crippen molar-refractivity contribution >= 4 is 5.82 Å². The van der Waals surface area contributed by atoms with Gasteiger partial charge in [-0.3, -0.25) is 0 Å². The molecule has 1 aliphatic carbocycles. The van der Waals surface area contributed by atoms with Gasteiger partial charge in [0, 0.05) is 5.69 Å². The van der Waals surface area contributed by atoms with E-state index in [1.165, 1.54) is 12.8 Å². The van der Waals surface area contributed by atoms with Gasteiger partial charge in [0.15, 0.2) is 0 Å².